The zero-order valence-electron chi connectivity index (χ0n) is 64.9. The summed E-state index contributed by atoms with van der Waals surface area (Å²) < 4.78 is 48.6. The largest absolute Gasteiger partial charge is 0.391 e. The van der Waals surface area contributed by atoms with Crippen LogP contribution in [-0.2, 0) is 62.3 Å². The van der Waals surface area contributed by atoms with Crippen LogP contribution >= 0.6 is 23.2 Å². The van der Waals surface area contributed by atoms with Gasteiger partial charge in [-0.1, -0.05) is 84.8 Å². The van der Waals surface area contributed by atoms with Crippen LogP contribution in [0.2, 0.25) is 0 Å². The van der Waals surface area contributed by atoms with Crippen molar-refractivity contribution >= 4 is 94.1 Å². The summed E-state index contributed by atoms with van der Waals surface area (Å²) in [6, 6.07) is -10.3. The molecule has 4 aliphatic carbocycles. The van der Waals surface area contributed by atoms with Gasteiger partial charge in [-0.3, -0.25) is 57.5 Å². The summed E-state index contributed by atoms with van der Waals surface area (Å²) in [6.07, 6.45) is 5.48. The van der Waals surface area contributed by atoms with E-state index in [0.717, 1.165) is 35.5 Å². The zero-order valence-corrected chi connectivity index (χ0v) is 66.4. The van der Waals surface area contributed by atoms with Crippen molar-refractivity contribution in [2.24, 2.45) is 35.5 Å². The monoisotopic (exact) mass is 1540 g/mol. The van der Waals surface area contributed by atoms with Gasteiger partial charge in [-0.15, -0.1) is 23.2 Å². The van der Waals surface area contributed by atoms with Gasteiger partial charge < -0.3 is 64.8 Å². The first-order valence-corrected chi connectivity index (χ1v) is 39.8. The first kappa shape index (κ1) is 86.9. The smallest absolute Gasteiger partial charge is 0.377 e. The number of nitrogens with one attached hydrogen (secondary N) is 3. The topological polar surface area (TPSA) is 279 Å². The Morgan fingerprint density at radius 2 is 1.25 bits per heavy atom. The molecule has 6 fully saturated rings. The molecule has 3 heterocycles. The van der Waals surface area contributed by atoms with E-state index in [9.17, 15) is 32.3 Å². The van der Waals surface area contributed by atoms with Gasteiger partial charge in [-0.05, 0) is 139 Å². The number of hydrogen-bond donors (Lipinski definition) is 3. The number of rotatable bonds is 15. The Morgan fingerprint density at radius 3 is 1.84 bits per heavy atom. The minimum Gasteiger partial charge on any atom is -0.377 e. The summed E-state index contributed by atoms with van der Waals surface area (Å²) in [5.74, 6) is -11.1. The number of hydrogen-bond acceptors (Lipinski definition) is 13. The summed E-state index contributed by atoms with van der Waals surface area (Å²) in [5.41, 5.74) is -1.57. The summed E-state index contributed by atoms with van der Waals surface area (Å²) in [4.78, 5) is 193. The molecular formula is C76H121Cl2F3N12O13. The van der Waals surface area contributed by atoms with Crippen molar-refractivity contribution < 1.29 is 75.4 Å². The van der Waals surface area contributed by atoms with E-state index >= 15 is 38.4 Å². The zero-order chi connectivity index (χ0) is 78.4. The molecule has 2 saturated heterocycles. The minimum atomic E-state index is -4.44. The minimum absolute atomic E-state index is 0.00229. The van der Waals surface area contributed by atoms with Gasteiger partial charge in [0, 0.05) is 87.9 Å². The van der Waals surface area contributed by atoms with E-state index < -0.39 is 180 Å². The standard InChI is InChI=1S/C76H121Cl2F3N12O13/c1-14-46(5)64-72(103)87(9)45-63(96)88(10)56-26-19-18-22-37-92(71(56)102)60(40-49-27-31-51(32-28-49)76(79,80)81)70(101)86(8)44-61(94)82-55(34-30-48-29-33-53(77)54(78)38-48)68(99)93-43-52(106-17-4)41-58(93)67(98)84-75(35-23-36-75)74(105)91(13)65(50(15-2)16-3)73(104)90(12)59(69(100)85(6)7)42-62(95)89(11)57(66(97)83-64)39-47-24-20-21-25-47/h18-19,46-60,64-65H,14-17,20-45H2,1-13H3,(H,82,94)(H,83,97)(H,84,98)/b19-18-/t46-,48?,49?,51?,52+,53?,54?,55-,56-,57-,58-,59-,60-,64-,65-/m0/s1. The number of carbonyl (C=O) groups excluding carboxylic acids is 12. The molecule has 3 N–H and O–H groups in total. The second-order valence-electron chi connectivity index (χ2n) is 31.7. The van der Waals surface area contributed by atoms with Crippen molar-refractivity contribution in [3.05, 3.63) is 12.2 Å². The normalized spacial score (nSPS) is 31.5. The van der Waals surface area contributed by atoms with Gasteiger partial charge in [0.05, 0.1) is 36.9 Å². The van der Waals surface area contributed by atoms with E-state index in [1.165, 1.54) is 90.7 Å². The lowest BCUT2D eigenvalue weighted by molar-refractivity contribution is -0.184. The van der Waals surface area contributed by atoms with Crippen LogP contribution in [0.15, 0.2) is 12.2 Å². The van der Waals surface area contributed by atoms with Gasteiger partial charge in [0.15, 0.2) is 0 Å². The third kappa shape index (κ3) is 21.4. The fraction of sp³-hybridized carbons (Fsp3) is 0.816. The maximum absolute atomic E-state index is 15.6. The van der Waals surface area contributed by atoms with Crippen molar-refractivity contribution in [1.82, 2.24) is 60.0 Å². The molecule has 7 aliphatic rings. The highest BCUT2D eigenvalue weighted by Crippen LogP contribution is 2.43. The van der Waals surface area contributed by atoms with Crippen LogP contribution in [0, 0.1) is 35.5 Å². The Morgan fingerprint density at radius 1 is 0.632 bits per heavy atom. The first-order valence-electron chi connectivity index (χ1n) is 38.9. The average molecular weight is 1540 g/mol. The van der Waals surface area contributed by atoms with E-state index in [2.05, 4.69) is 16.0 Å². The maximum atomic E-state index is 15.6. The molecule has 12 amide bonds. The summed E-state index contributed by atoms with van der Waals surface area (Å²) >= 11 is 13.3. The number of amides is 12. The molecule has 30 heteroatoms. The molecule has 598 valence electrons. The van der Waals surface area contributed by atoms with Gasteiger partial charge in [-0.2, -0.15) is 13.2 Å². The lowest BCUT2D eigenvalue weighted by Crippen LogP contribution is -2.68. The second-order valence-corrected chi connectivity index (χ2v) is 32.8. The molecule has 3 unspecified atom stereocenters. The Balaban J connectivity index is 1.32. The number of likely N-dealkylation sites (N-methyl/N-ethyl adjacent to an activating group) is 7. The van der Waals surface area contributed by atoms with E-state index in [1.54, 1.807) is 26.0 Å². The molecule has 2 bridgehead atoms. The quantitative estimate of drug-likeness (QED) is 0.112. The molecule has 7 rings (SSSR count). The van der Waals surface area contributed by atoms with Gasteiger partial charge in [-0.25, -0.2) is 0 Å². The molecule has 0 aromatic carbocycles. The van der Waals surface area contributed by atoms with Crippen LogP contribution in [0.1, 0.15) is 195 Å². The highest BCUT2D eigenvalue weighted by atomic mass is 35.5. The second kappa shape index (κ2) is 38.9. The van der Waals surface area contributed by atoms with Crippen molar-refractivity contribution in [3.8, 4) is 0 Å². The lowest BCUT2D eigenvalue weighted by Gasteiger charge is -2.47. The third-order valence-electron chi connectivity index (χ3n) is 24.4. The average Bonchev–Trinajstić information content (AvgIpc) is 1.03. The van der Waals surface area contributed by atoms with Crippen LogP contribution < -0.4 is 16.0 Å². The Labute approximate surface area is 635 Å². The number of halogens is 5. The molecular weight excluding hydrogens is 1420 g/mol. The maximum Gasteiger partial charge on any atom is 0.391 e. The molecule has 4 saturated carbocycles. The third-order valence-corrected chi connectivity index (χ3v) is 25.6. The highest BCUT2D eigenvalue weighted by molar-refractivity contribution is 6.30. The molecule has 13 atom stereocenters. The molecule has 0 aromatic heterocycles. The van der Waals surface area contributed by atoms with Crippen LogP contribution in [0.25, 0.3) is 0 Å². The molecule has 25 nitrogen and oxygen atoms in total. The van der Waals surface area contributed by atoms with E-state index in [1.807, 2.05) is 20.8 Å². The van der Waals surface area contributed by atoms with Crippen molar-refractivity contribution in [2.45, 2.75) is 272 Å². The van der Waals surface area contributed by atoms with Crippen molar-refractivity contribution in [2.75, 3.05) is 89.2 Å². The van der Waals surface area contributed by atoms with Gasteiger partial charge in [0.25, 0.3) is 0 Å². The number of ether oxygens (including phenoxy) is 1. The highest BCUT2D eigenvalue weighted by Gasteiger charge is 2.54. The predicted molar refractivity (Wildman–Crippen MR) is 395 cm³/mol. The van der Waals surface area contributed by atoms with Gasteiger partial charge in [0.2, 0.25) is 70.9 Å². The van der Waals surface area contributed by atoms with Gasteiger partial charge >= 0.3 is 6.18 Å². The van der Waals surface area contributed by atoms with Crippen molar-refractivity contribution in [1.29, 1.82) is 0 Å². The fourth-order valence-corrected chi connectivity index (χ4v) is 17.7. The fourth-order valence-electron chi connectivity index (χ4n) is 17.1. The number of nitrogens with zero attached hydrogens (tertiary/aromatic N) is 9. The number of carbonyl (C=O) groups is 12. The van der Waals surface area contributed by atoms with E-state index in [4.69, 9.17) is 27.9 Å². The number of alkyl halides is 5. The molecule has 0 radical (unpaired) electrons. The van der Waals surface area contributed by atoms with Crippen LogP contribution in [-0.4, -0.2) is 281 Å². The summed E-state index contributed by atoms with van der Waals surface area (Å²) in [5, 5.41) is 8.26. The lowest BCUT2D eigenvalue weighted by atomic mass is 9.74. The molecule has 0 aromatic rings. The summed E-state index contributed by atoms with van der Waals surface area (Å²) in [7, 11) is 11.5. The Bertz CT molecular complexity index is 3130. The first-order chi connectivity index (χ1) is 50.0. The molecule has 106 heavy (non-hydrogen) atoms. The van der Waals surface area contributed by atoms with E-state index in [0.29, 0.717) is 51.4 Å². The SMILES string of the molecule is CCO[C@@H]1C[C@H]2C(=O)NC3(CCC3)C(=O)N(C)[C@@H](C(CC)CC)C(=O)N(C)[C@H](C(=O)N(C)C)CC(=O)N(C)[C@@H](CC3CCCC3)C(=O)N[C@@H]([C@@H](C)CC)C(=O)N(C)CC(=O)N(C)[C@H]3C/C=C\CCN(C3=O)[C@@H](CC3CCC(C(F)(F)F)CC3)C(=O)N(C)CC(=O)N[C@@H](CCC3CCC(Cl)C(Cl)C3)C(=O)N2C1. The Kier molecular flexibility index (Phi) is 31.9. The molecule has 3 aliphatic heterocycles. The predicted octanol–water partition coefficient (Wildman–Crippen LogP) is 6.88. The Hall–Kier alpha value is -6.29. The van der Waals surface area contributed by atoms with E-state index in [-0.39, 0.29) is 119 Å². The van der Waals surface area contributed by atoms with Crippen LogP contribution in [0.5, 0.6) is 0 Å². The number of fused-ring (bicyclic) bond motifs is 3. The van der Waals surface area contributed by atoms with Crippen LogP contribution in [0.4, 0.5) is 13.2 Å². The van der Waals surface area contributed by atoms with Crippen molar-refractivity contribution in [3.63, 3.8) is 0 Å². The van der Waals surface area contributed by atoms with Crippen LogP contribution in [0.3, 0.4) is 0 Å². The summed E-state index contributed by atoms with van der Waals surface area (Å²) in [6.45, 7) is 7.92. The van der Waals surface area contributed by atoms with Gasteiger partial charge in [0.1, 0.15) is 53.9 Å². The molecule has 1 spiro atoms.